The smallest absolute Gasteiger partial charge is 0.260 e. The highest BCUT2D eigenvalue weighted by Gasteiger charge is 2.23. The van der Waals surface area contributed by atoms with Crippen molar-refractivity contribution in [1.29, 1.82) is 0 Å². The number of rotatable bonds is 7. The Morgan fingerprint density at radius 3 is 2.38 bits per heavy atom. The first-order valence-electron chi connectivity index (χ1n) is 10.0. The number of benzene rings is 3. The number of carbonyl (C=O) groups excluding carboxylic acids is 1. The van der Waals surface area contributed by atoms with Crippen molar-refractivity contribution < 1.29 is 17.9 Å². The van der Waals surface area contributed by atoms with E-state index in [1.165, 1.54) is 35.6 Å². The Hall–Kier alpha value is -3.23. The third-order valence-electron chi connectivity index (χ3n) is 4.86. The SMILES string of the molecule is CCOc1cccc2sc(N(Cc3ccccc3)C(=O)c3ccc(S(C)(=O)=O)cc3)nc12. The second-order valence-corrected chi connectivity index (χ2v) is 10.2. The van der Waals surface area contributed by atoms with Gasteiger partial charge in [-0.15, -0.1) is 0 Å². The fourth-order valence-corrected chi connectivity index (χ4v) is 4.90. The van der Waals surface area contributed by atoms with Crippen LogP contribution in [0.3, 0.4) is 0 Å². The van der Waals surface area contributed by atoms with Gasteiger partial charge in [0.15, 0.2) is 15.0 Å². The molecule has 1 aromatic heterocycles. The molecule has 0 unspecified atom stereocenters. The summed E-state index contributed by atoms with van der Waals surface area (Å²) in [4.78, 5) is 20.0. The molecule has 0 spiro atoms. The summed E-state index contributed by atoms with van der Waals surface area (Å²) in [6.07, 6.45) is 1.14. The molecule has 0 aliphatic carbocycles. The lowest BCUT2D eigenvalue weighted by Gasteiger charge is -2.20. The molecule has 0 aliphatic rings. The zero-order chi connectivity index (χ0) is 22.7. The molecule has 0 atom stereocenters. The minimum absolute atomic E-state index is 0.171. The molecule has 0 bridgehead atoms. The Morgan fingerprint density at radius 1 is 1.00 bits per heavy atom. The highest BCUT2D eigenvalue weighted by atomic mass is 32.2. The van der Waals surface area contributed by atoms with Gasteiger partial charge < -0.3 is 4.74 Å². The zero-order valence-electron chi connectivity index (χ0n) is 17.7. The van der Waals surface area contributed by atoms with Gasteiger partial charge in [-0.3, -0.25) is 9.69 Å². The molecule has 0 radical (unpaired) electrons. The van der Waals surface area contributed by atoms with Gasteiger partial charge in [-0.2, -0.15) is 0 Å². The van der Waals surface area contributed by atoms with Gasteiger partial charge in [-0.1, -0.05) is 47.7 Å². The largest absolute Gasteiger partial charge is 0.492 e. The highest BCUT2D eigenvalue weighted by molar-refractivity contribution is 7.90. The Morgan fingerprint density at radius 2 is 1.72 bits per heavy atom. The van der Waals surface area contributed by atoms with Crippen molar-refractivity contribution >= 4 is 42.4 Å². The Labute approximate surface area is 191 Å². The van der Waals surface area contributed by atoms with Crippen LogP contribution in [0.4, 0.5) is 5.13 Å². The van der Waals surface area contributed by atoms with Gasteiger partial charge in [0.2, 0.25) is 0 Å². The number of para-hydroxylation sites is 1. The fraction of sp³-hybridized carbons (Fsp3) is 0.167. The molecule has 0 aliphatic heterocycles. The van der Waals surface area contributed by atoms with E-state index in [0.717, 1.165) is 16.5 Å². The second kappa shape index (κ2) is 9.10. The Kier molecular flexibility index (Phi) is 6.25. The molecule has 0 saturated carbocycles. The van der Waals surface area contributed by atoms with E-state index in [1.54, 1.807) is 4.90 Å². The molecular weight excluding hydrogens is 444 g/mol. The summed E-state index contributed by atoms with van der Waals surface area (Å²) >= 11 is 1.41. The molecule has 1 amide bonds. The van der Waals surface area contributed by atoms with Crippen LogP contribution in [-0.2, 0) is 16.4 Å². The van der Waals surface area contributed by atoms with E-state index in [4.69, 9.17) is 9.72 Å². The molecule has 1 heterocycles. The number of hydrogen-bond acceptors (Lipinski definition) is 6. The molecule has 4 rings (SSSR count). The van der Waals surface area contributed by atoms with Gasteiger partial charge in [0.05, 0.1) is 22.7 Å². The van der Waals surface area contributed by atoms with Gasteiger partial charge in [-0.25, -0.2) is 13.4 Å². The quantitative estimate of drug-likeness (QED) is 0.385. The van der Waals surface area contributed by atoms with Crippen LogP contribution in [0.5, 0.6) is 5.75 Å². The highest BCUT2D eigenvalue weighted by Crippen LogP contribution is 2.35. The number of nitrogens with zero attached hydrogens (tertiary/aromatic N) is 2. The molecule has 8 heteroatoms. The van der Waals surface area contributed by atoms with Crippen LogP contribution in [0.15, 0.2) is 77.7 Å². The summed E-state index contributed by atoms with van der Waals surface area (Å²) in [6, 6.07) is 21.4. The normalized spacial score (nSPS) is 11.4. The molecule has 0 fully saturated rings. The second-order valence-electron chi connectivity index (χ2n) is 7.21. The van der Waals surface area contributed by atoms with Crippen molar-refractivity contribution in [1.82, 2.24) is 4.98 Å². The van der Waals surface area contributed by atoms with Gasteiger partial charge in [0.1, 0.15) is 11.3 Å². The third kappa shape index (κ3) is 4.66. The molecule has 32 heavy (non-hydrogen) atoms. The first-order chi connectivity index (χ1) is 15.4. The van der Waals surface area contributed by atoms with Crippen molar-refractivity contribution in [3.8, 4) is 5.75 Å². The minimum Gasteiger partial charge on any atom is -0.492 e. The molecular formula is C24H22N2O4S2. The summed E-state index contributed by atoms with van der Waals surface area (Å²) in [5.74, 6) is 0.419. The van der Waals surface area contributed by atoms with Crippen molar-refractivity contribution in [3.05, 3.63) is 83.9 Å². The summed E-state index contributed by atoms with van der Waals surface area (Å²) < 4.78 is 30.2. The Balaban J connectivity index is 1.76. The predicted molar refractivity (Wildman–Crippen MR) is 127 cm³/mol. The van der Waals surface area contributed by atoms with Gasteiger partial charge in [-0.05, 0) is 48.9 Å². The third-order valence-corrected chi connectivity index (χ3v) is 7.03. The van der Waals surface area contributed by atoms with E-state index in [1.807, 2.05) is 55.5 Å². The van der Waals surface area contributed by atoms with Crippen LogP contribution in [0, 0.1) is 0 Å². The van der Waals surface area contributed by atoms with E-state index in [-0.39, 0.29) is 10.8 Å². The molecule has 0 saturated heterocycles. The molecule has 0 N–H and O–H groups in total. The standard InChI is InChI=1S/C24H22N2O4S2/c1-3-30-20-10-7-11-21-22(20)25-24(31-21)26(16-17-8-5-4-6-9-17)23(27)18-12-14-19(15-13-18)32(2,28)29/h4-15H,3,16H2,1-2H3. The summed E-state index contributed by atoms with van der Waals surface area (Å²) in [7, 11) is -3.34. The number of hydrogen-bond donors (Lipinski definition) is 0. The van der Waals surface area contributed by atoms with Crippen molar-refractivity contribution in [2.45, 2.75) is 18.4 Å². The lowest BCUT2D eigenvalue weighted by molar-refractivity contribution is 0.0985. The molecule has 6 nitrogen and oxygen atoms in total. The van der Waals surface area contributed by atoms with Crippen LogP contribution >= 0.6 is 11.3 Å². The maximum absolute atomic E-state index is 13.5. The van der Waals surface area contributed by atoms with Crippen LogP contribution in [0.1, 0.15) is 22.8 Å². The zero-order valence-corrected chi connectivity index (χ0v) is 19.3. The lowest BCUT2D eigenvalue weighted by atomic mass is 10.1. The van der Waals surface area contributed by atoms with Gasteiger partial charge in [0, 0.05) is 11.8 Å². The maximum atomic E-state index is 13.5. The maximum Gasteiger partial charge on any atom is 0.260 e. The van der Waals surface area contributed by atoms with Crippen molar-refractivity contribution in [2.24, 2.45) is 0 Å². The Bertz CT molecular complexity index is 1350. The number of ether oxygens (including phenoxy) is 1. The fourth-order valence-electron chi connectivity index (χ4n) is 3.29. The average molecular weight is 467 g/mol. The summed E-state index contributed by atoms with van der Waals surface area (Å²) in [5, 5.41) is 0.549. The van der Waals surface area contributed by atoms with Crippen molar-refractivity contribution in [2.75, 3.05) is 17.8 Å². The number of amides is 1. The van der Waals surface area contributed by atoms with E-state index in [9.17, 15) is 13.2 Å². The van der Waals surface area contributed by atoms with E-state index in [0.29, 0.717) is 35.1 Å². The molecule has 164 valence electrons. The average Bonchev–Trinajstić information content (AvgIpc) is 3.22. The first kappa shape index (κ1) is 22.0. The number of carbonyl (C=O) groups is 1. The topological polar surface area (TPSA) is 76.6 Å². The summed E-state index contributed by atoms with van der Waals surface area (Å²) in [5.41, 5.74) is 2.06. The minimum atomic E-state index is -3.34. The van der Waals surface area contributed by atoms with Crippen LogP contribution in [0.2, 0.25) is 0 Å². The monoisotopic (exact) mass is 466 g/mol. The predicted octanol–water partition coefficient (Wildman–Crippen LogP) is 4.95. The lowest BCUT2D eigenvalue weighted by Crippen LogP contribution is -2.30. The number of thiazole rings is 1. The number of sulfone groups is 1. The number of anilines is 1. The van der Waals surface area contributed by atoms with E-state index in [2.05, 4.69) is 0 Å². The first-order valence-corrected chi connectivity index (χ1v) is 12.8. The molecule has 3 aromatic carbocycles. The molecule has 4 aromatic rings. The summed E-state index contributed by atoms with van der Waals surface area (Å²) in [6.45, 7) is 2.76. The van der Waals surface area contributed by atoms with Crippen molar-refractivity contribution in [3.63, 3.8) is 0 Å². The van der Waals surface area contributed by atoms with E-state index < -0.39 is 9.84 Å². The number of aromatic nitrogens is 1. The van der Waals surface area contributed by atoms with Gasteiger partial charge in [0.25, 0.3) is 5.91 Å². The van der Waals surface area contributed by atoms with Gasteiger partial charge >= 0.3 is 0 Å². The number of fused-ring (bicyclic) bond motifs is 1. The van der Waals surface area contributed by atoms with Crippen LogP contribution < -0.4 is 9.64 Å². The van der Waals surface area contributed by atoms with E-state index >= 15 is 0 Å². The van der Waals surface area contributed by atoms with Crippen LogP contribution in [0.25, 0.3) is 10.2 Å². The van der Waals surface area contributed by atoms with Crippen LogP contribution in [-0.4, -0.2) is 32.2 Å².